The molecule has 0 saturated carbocycles. The molecule has 108 valence electrons. The molecule has 0 radical (unpaired) electrons. The van der Waals surface area contributed by atoms with Crippen LogP contribution in [-0.4, -0.2) is 32.1 Å². The third kappa shape index (κ3) is 4.09. The third-order valence-electron chi connectivity index (χ3n) is 2.67. The molecule has 8 heteroatoms. The van der Waals surface area contributed by atoms with E-state index in [1.807, 2.05) is 25.4 Å². The van der Waals surface area contributed by atoms with Gasteiger partial charge in [-0.05, 0) is 12.3 Å². The van der Waals surface area contributed by atoms with Crippen LogP contribution in [0.5, 0.6) is 0 Å². The number of amides is 1. The monoisotopic (exact) mass is 295 g/mol. The van der Waals surface area contributed by atoms with Crippen molar-refractivity contribution >= 4 is 17.7 Å². The van der Waals surface area contributed by atoms with E-state index in [1.54, 1.807) is 22.6 Å². The van der Waals surface area contributed by atoms with Crippen LogP contribution in [0.1, 0.15) is 18.6 Å². The second-order valence-electron chi connectivity index (χ2n) is 4.38. The number of thioether (sulfide) groups is 1. The van der Waals surface area contributed by atoms with Crippen molar-refractivity contribution < 1.29 is 9.32 Å². The molecule has 2 heterocycles. The van der Waals surface area contributed by atoms with Gasteiger partial charge in [-0.2, -0.15) is 21.8 Å². The zero-order chi connectivity index (χ0) is 14.4. The Balaban J connectivity index is 1.78. The summed E-state index contributed by atoms with van der Waals surface area (Å²) in [6, 6.07) is 1.83. The van der Waals surface area contributed by atoms with E-state index in [0.717, 1.165) is 0 Å². The Labute approximate surface area is 121 Å². The molecule has 0 aromatic carbocycles. The minimum Gasteiger partial charge on any atom is -0.347 e. The van der Waals surface area contributed by atoms with Gasteiger partial charge >= 0.3 is 0 Å². The van der Waals surface area contributed by atoms with Crippen molar-refractivity contribution in [2.75, 3.05) is 6.26 Å². The molecule has 2 aromatic rings. The molecule has 2 aromatic heterocycles. The maximum atomic E-state index is 11.9. The summed E-state index contributed by atoms with van der Waals surface area (Å²) in [4.78, 5) is 16.1. The van der Waals surface area contributed by atoms with Crippen LogP contribution in [0.15, 0.2) is 23.0 Å². The normalized spacial score (nSPS) is 12.3. The Morgan fingerprint density at radius 1 is 1.60 bits per heavy atom. The fourth-order valence-corrected chi connectivity index (χ4v) is 2.03. The first-order valence-electron chi connectivity index (χ1n) is 6.24. The molecule has 1 atom stereocenters. The lowest BCUT2D eigenvalue weighted by atomic mass is 10.1. The number of hydrogen-bond donors (Lipinski definition) is 1. The van der Waals surface area contributed by atoms with E-state index in [2.05, 4.69) is 20.6 Å². The Bertz CT molecular complexity index is 540. The Morgan fingerprint density at radius 3 is 3.15 bits per heavy atom. The summed E-state index contributed by atoms with van der Waals surface area (Å²) in [5, 5.41) is 10.7. The zero-order valence-electron chi connectivity index (χ0n) is 11.4. The average Bonchev–Trinajstić information content (AvgIpc) is 3.08. The summed E-state index contributed by atoms with van der Waals surface area (Å²) in [6.07, 6.45) is 5.49. The molecule has 0 fully saturated rings. The van der Waals surface area contributed by atoms with Gasteiger partial charge in [-0.3, -0.25) is 9.48 Å². The maximum Gasteiger partial charge on any atom is 0.246 e. The summed E-state index contributed by atoms with van der Waals surface area (Å²) < 4.78 is 6.78. The van der Waals surface area contributed by atoms with Crippen LogP contribution in [0.25, 0.3) is 0 Å². The topological polar surface area (TPSA) is 85.8 Å². The second kappa shape index (κ2) is 7.09. The third-order valence-corrected chi connectivity index (χ3v) is 3.21. The molecule has 0 saturated heterocycles. The van der Waals surface area contributed by atoms with Crippen molar-refractivity contribution in [2.45, 2.75) is 25.8 Å². The van der Waals surface area contributed by atoms with Crippen LogP contribution in [0, 0.1) is 5.92 Å². The summed E-state index contributed by atoms with van der Waals surface area (Å²) in [7, 11) is 0. The van der Waals surface area contributed by atoms with Gasteiger partial charge in [0.05, 0.1) is 24.8 Å². The predicted octanol–water partition coefficient (Wildman–Crippen LogP) is 1.08. The SMILES string of the molecule is CSCc1noc(CNC(=O)[C@H](C)Cn2cccn2)n1. The fourth-order valence-electron chi connectivity index (χ4n) is 1.66. The molecule has 0 spiro atoms. The molecule has 2 rings (SSSR count). The molecule has 1 N–H and O–H groups in total. The van der Waals surface area contributed by atoms with Gasteiger partial charge in [0.1, 0.15) is 0 Å². The minimum absolute atomic E-state index is 0.0647. The lowest BCUT2D eigenvalue weighted by Crippen LogP contribution is -2.31. The number of aromatic nitrogens is 4. The van der Waals surface area contributed by atoms with Crippen molar-refractivity contribution in [1.29, 1.82) is 0 Å². The Morgan fingerprint density at radius 2 is 2.45 bits per heavy atom. The van der Waals surface area contributed by atoms with E-state index in [4.69, 9.17) is 4.52 Å². The number of rotatable bonds is 7. The molecule has 20 heavy (non-hydrogen) atoms. The van der Waals surface area contributed by atoms with Gasteiger partial charge in [-0.15, -0.1) is 0 Å². The lowest BCUT2D eigenvalue weighted by molar-refractivity contribution is -0.125. The first kappa shape index (κ1) is 14.6. The molecule has 0 aliphatic carbocycles. The zero-order valence-corrected chi connectivity index (χ0v) is 12.3. The van der Waals surface area contributed by atoms with E-state index in [0.29, 0.717) is 24.0 Å². The smallest absolute Gasteiger partial charge is 0.246 e. The molecule has 0 aliphatic heterocycles. The van der Waals surface area contributed by atoms with E-state index >= 15 is 0 Å². The number of hydrogen-bond acceptors (Lipinski definition) is 6. The number of nitrogens with one attached hydrogen (secondary N) is 1. The molecular weight excluding hydrogens is 278 g/mol. The number of carbonyl (C=O) groups excluding carboxylic acids is 1. The van der Waals surface area contributed by atoms with E-state index in [1.165, 1.54) is 0 Å². The summed E-state index contributed by atoms with van der Waals surface area (Å²) in [5.74, 6) is 1.53. The summed E-state index contributed by atoms with van der Waals surface area (Å²) in [6.45, 7) is 2.65. The van der Waals surface area contributed by atoms with Gasteiger partial charge in [-0.25, -0.2) is 0 Å². The quantitative estimate of drug-likeness (QED) is 0.822. The maximum absolute atomic E-state index is 11.9. The Kier molecular flexibility index (Phi) is 5.16. The highest BCUT2D eigenvalue weighted by atomic mass is 32.2. The van der Waals surface area contributed by atoms with Crippen LogP contribution in [-0.2, 0) is 23.6 Å². The first-order chi connectivity index (χ1) is 9.69. The van der Waals surface area contributed by atoms with E-state index < -0.39 is 0 Å². The van der Waals surface area contributed by atoms with Crippen molar-refractivity contribution in [3.05, 3.63) is 30.2 Å². The molecule has 0 unspecified atom stereocenters. The van der Waals surface area contributed by atoms with Gasteiger partial charge in [0.2, 0.25) is 11.8 Å². The molecule has 0 aliphatic rings. The largest absolute Gasteiger partial charge is 0.347 e. The highest BCUT2D eigenvalue weighted by molar-refractivity contribution is 7.97. The molecule has 1 amide bonds. The Hall–Kier alpha value is -1.83. The fraction of sp³-hybridized carbons (Fsp3) is 0.500. The van der Waals surface area contributed by atoms with Crippen LogP contribution in [0.2, 0.25) is 0 Å². The van der Waals surface area contributed by atoms with Crippen LogP contribution in [0.3, 0.4) is 0 Å². The number of nitrogens with zero attached hydrogens (tertiary/aromatic N) is 4. The van der Waals surface area contributed by atoms with Gasteiger partial charge < -0.3 is 9.84 Å². The van der Waals surface area contributed by atoms with Crippen molar-refractivity contribution in [2.24, 2.45) is 5.92 Å². The molecule has 0 bridgehead atoms. The summed E-state index contributed by atoms with van der Waals surface area (Å²) in [5.41, 5.74) is 0. The van der Waals surface area contributed by atoms with Crippen LogP contribution >= 0.6 is 11.8 Å². The van der Waals surface area contributed by atoms with Gasteiger partial charge in [0, 0.05) is 12.4 Å². The van der Waals surface area contributed by atoms with Gasteiger partial charge in [0.15, 0.2) is 5.82 Å². The highest BCUT2D eigenvalue weighted by Gasteiger charge is 2.15. The van der Waals surface area contributed by atoms with Crippen LogP contribution < -0.4 is 5.32 Å². The number of carbonyl (C=O) groups is 1. The van der Waals surface area contributed by atoms with Crippen molar-refractivity contribution in [1.82, 2.24) is 25.2 Å². The minimum atomic E-state index is -0.177. The first-order valence-corrected chi connectivity index (χ1v) is 7.64. The predicted molar refractivity (Wildman–Crippen MR) is 74.8 cm³/mol. The molecular formula is C12H17N5O2S. The van der Waals surface area contributed by atoms with Gasteiger partial charge in [-0.1, -0.05) is 12.1 Å². The highest BCUT2D eigenvalue weighted by Crippen LogP contribution is 2.06. The van der Waals surface area contributed by atoms with Crippen molar-refractivity contribution in [3.8, 4) is 0 Å². The lowest BCUT2D eigenvalue weighted by Gasteiger charge is -2.10. The van der Waals surface area contributed by atoms with E-state index in [9.17, 15) is 4.79 Å². The molecule has 7 nitrogen and oxygen atoms in total. The second-order valence-corrected chi connectivity index (χ2v) is 5.25. The van der Waals surface area contributed by atoms with Crippen molar-refractivity contribution in [3.63, 3.8) is 0 Å². The van der Waals surface area contributed by atoms with Crippen LogP contribution in [0.4, 0.5) is 0 Å². The van der Waals surface area contributed by atoms with E-state index in [-0.39, 0.29) is 18.4 Å². The average molecular weight is 295 g/mol. The standard InChI is InChI=1S/C12H17N5O2S/c1-9(7-17-5-3-4-14-17)12(18)13-6-11-15-10(8-20-2)16-19-11/h3-5,9H,6-8H2,1-2H3,(H,13,18)/t9-/m1/s1. The summed E-state index contributed by atoms with van der Waals surface area (Å²) >= 11 is 1.62. The van der Waals surface area contributed by atoms with Gasteiger partial charge in [0.25, 0.3) is 0 Å².